The molecule has 0 N–H and O–H groups in total. The van der Waals surface area contributed by atoms with Crippen LogP contribution in [0.4, 0.5) is 0 Å². The van der Waals surface area contributed by atoms with Crippen molar-refractivity contribution < 1.29 is 9.47 Å². The van der Waals surface area contributed by atoms with Crippen molar-refractivity contribution in [2.45, 2.75) is 70.8 Å². The Kier molecular flexibility index (Phi) is 6.22. The molecule has 2 nitrogen and oxygen atoms in total. The van der Waals surface area contributed by atoms with E-state index >= 15 is 0 Å². The normalized spacial score (nSPS) is 33.0. The van der Waals surface area contributed by atoms with E-state index in [-0.39, 0.29) is 0 Å². The van der Waals surface area contributed by atoms with Gasteiger partial charge in [0.05, 0.1) is 19.3 Å². The van der Waals surface area contributed by atoms with E-state index in [0.29, 0.717) is 6.10 Å². The molecule has 27 heavy (non-hydrogen) atoms. The van der Waals surface area contributed by atoms with Crippen LogP contribution in [0.1, 0.15) is 63.0 Å². The average molecular weight is 369 g/mol. The first-order chi connectivity index (χ1) is 13.3. The van der Waals surface area contributed by atoms with Crippen molar-refractivity contribution in [1.82, 2.24) is 0 Å². The molecule has 148 valence electrons. The third-order valence-electron chi connectivity index (χ3n) is 7.48. The van der Waals surface area contributed by atoms with E-state index in [2.05, 4.69) is 31.7 Å². The Hall–Kier alpha value is -1.28. The van der Waals surface area contributed by atoms with Gasteiger partial charge in [0.1, 0.15) is 5.75 Å². The SMILES string of the molecule is C=CCOC1CCC2CC(C3CCc4cc(OCC)ccc4C3)CCC2C1. The highest BCUT2D eigenvalue weighted by atomic mass is 16.5. The van der Waals surface area contributed by atoms with Gasteiger partial charge in [-0.05, 0) is 112 Å². The van der Waals surface area contributed by atoms with Crippen molar-refractivity contribution in [3.05, 3.63) is 42.0 Å². The Balaban J connectivity index is 1.33. The Morgan fingerprint density at radius 2 is 1.74 bits per heavy atom. The fourth-order valence-corrected chi connectivity index (χ4v) is 6.08. The van der Waals surface area contributed by atoms with Gasteiger partial charge in [0.15, 0.2) is 0 Å². The van der Waals surface area contributed by atoms with Crippen molar-refractivity contribution in [3.63, 3.8) is 0 Å². The lowest BCUT2D eigenvalue weighted by Crippen LogP contribution is -2.37. The molecule has 5 unspecified atom stereocenters. The van der Waals surface area contributed by atoms with Crippen LogP contribution in [0.2, 0.25) is 0 Å². The van der Waals surface area contributed by atoms with Crippen molar-refractivity contribution in [2.75, 3.05) is 13.2 Å². The van der Waals surface area contributed by atoms with Crippen LogP contribution in [0.3, 0.4) is 0 Å². The molecule has 0 bridgehead atoms. The minimum absolute atomic E-state index is 0.488. The predicted octanol–water partition coefficient (Wildman–Crippen LogP) is 5.98. The van der Waals surface area contributed by atoms with Crippen LogP contribution in [0.5, 0.6) is 5.75 Å². The van der Waals surface area contributed by atoms with Gasteiger partial charge < -0.3 is 9.47 Å². The molecular weight excluding hydrogens is 332 g/mol. The van der Waals surface area contributed by atoms with Gasteiger partial charge in [0.25, 0.3) is 0 Å². The molecule has 0 amide bonds. The number of hydrogen-bond donors (Lipinski definition) is 0. The standard InChI is InChI=1S/C25H36O2/c1-3-13-27-25-12-10-21-15-19(6-8-23(21)17-25)18-5-7-22-16-24(26-4-2)11-9-20(22)14-18/h3,9,11,16,18-19,21,23,25H,1,4-8,10,12-15,17H2,2H3. The Morgan fingerprint density at radius 1 is 0.963 bits per heavy atom. The summed E-state index contributed by atoms with van der Waals surface area (Å²) >= 11 is 0. The van der Waals surface area contributed by atoms with Crippen LogP contribution in [0.15, 0.2) is 30.9 Å². The average Bonchev–Trinajstić information content (AvgIpc) is 2.71. The minimum Gasteiger partial charge on any atom is -0.494 e. The molecule has 4 rings (SSSR count). The number of ether oxygens (including phenoxy) is 2. The van der Waals surface area contributed by atoms with Crippen LogP contribution >= 0.6 is 0 Å². The summed E-state index contributed by atoms with van der Waals surface area (Å²) in [6, 6.07) is 6.79. The first-order valence-corrected chi connectivity index (χ1v) is 11.2. The quantitative estimate of drug-likeness (QED) is 0.575. The maximum absolute atomic E-state index is 5.96. The van der Waals surface area contributed by atoms with Gasteiger partial charge in [-0.2, -0.15) is 0 Å². The third-order valence-corrected chi connectivity index (χ3v) is 7.48. The molecular formula is C25H36O2. The maximum Gasteiger partial charge on any atom is 0.119 e. The summed E-state index contributed by atoms with van der Waals surface area (Å²) in [6.07, 6.45) is 14.5. The van der Waals surface area contributed by atoms with Crippen molar-refractivity contribution in [3.8, 4) is 5.75 Å². The number of benzene rings is 1. The second-order valence-electron chi connectivity index (χ2n) is 9.02. The predicted molar refractivity (Wildman–Crippen MR) is 111 cm³/mol. The summed E-state index contributed by atoms with van der Waals surface area (Å²) in [5, 5.41) is 0. The zero-order valence-electron chi connectivity index (χ0n) is 17.0. The fourth-order valence-electron chi connectivity index (χ4n) is 6.08. The van der Waals surface area contributed by atoms with Crippen LogP contribution in [-0.2, 0) is 17.6 Å². The summed E-state index contributed by atoms with van der Waals surface area (Å²) in [7, 11) is 0. The lowest BCUT2D eigenvalue weighted by Gasteiger charge is -2.44. The van der Waals surface area contributed by atoms with E-state index in [1.165, 1.54) is 63.4 Å². The summed E-state index contributed by atoms with van der Waals surface area (Å²) in [4.78, 5) is 0. The molecule has 0 spiro atoms. The van der Waals surface area contributed by atoms with Crippen LogP contribution in [0, 0.1) is 23.7 Å². The number of aryl methyl sites for hydroxylation is 1. The number of hydrogen-bond acceptors (Lipinski definition) is 2. The highest BCUT2D eigenvalue weighted by molar-refractivity contribution is 5.37. The molecule has 0 heterocycles. The molecule has 3 aliphatic carbocycles. The highest BCUT2D eigenvalue weighted by Gasteiger charge is 2.38. The number of rotatable bonds is 6. The molecule has 2 saturated carbocycles. The van der Waals surface area contributed by atoms with Gasteiger partial charge in [0, 0.05) is 0 Å². The van der Waals surface area contributed by atoms with Gasteiger partial charge >= 0.3 is 0 Å². The summed E-state index contributed by atoms with van der Waals surface area (Å²) < 4.78 is 11.7. The molecule has 0 radical (unpaired) electrons. The molecule has 2 fully saturated rings. The first kappa shape index (κ1) is 19.1. The minimum atomic E-state index is 0.488. The second-order valence-corrected chi connectivity index (χ2v) is 9.02. The maximum atomic E-state index is 5.96. The zero-order valence-corrected chi connectivity index (χ0v) is 17.0. The van der Waals surface area contributed by atoms with Gasteiger partial charge in [-0.1, -0.05) is 12.1 Å². The monoisotopic (exact) mass is 368 g/mol. The molecule has 1 aromatic carbocycles. The smallest absolute Gasteiger partial charge is 0.119 e. The van der Waals surface area contributed by atoms with Crippen molar-refractivity contribution >= 4 is 0 Å². The lowest BCUT2D eigenvalue weighted by atomic mass is 9.62. The highest BCUT2D eigenvalue weighted by Crippen LogP contribution is 2.47. The molecule has 3 aliphatic rings. The molecule has 1 aromatic rings. The Labute approximate surface area is 165 Å². The lowest BCUT2D eigenvalue weighted by molar-refractivity contribution is -0.0137. The summed E-state index contributed by atoms with van der Waals surface area (Å²) in [5.74, 6) is 4.75. The van der Waals surface area contributed by atoms with Gasteiger partial charge in [0.2, 0.25) is 0 Å². The topological polar surface area (TPSA) is 18.5 Å². The van der Waals surface area contributed by atoms with Gasteiger partial charge in [-0.3, -0.25) is 0 Å². The zero-order chi connectivity index (χ0) is 18.6. The summed E-state index contributed by atoms with van der Waals surface area (Å²) in [6.45, 7) is 7.32. The number of fused-ring (bicyclic) bond motifs is 2. The fraction of sp³-hybridized carbons (Fsp3) is 0.680. The largest absolute Gasteiger partial charge is 0.494 e. The van der Waals surface area contributed by atoms with Crippen molar-refractivity contribution in [1.29, 1.82) is 0 Å². The van der Waals surface area contributed by atoms with Crippen LogP contribution < -0.4 is 4.74 Å². The van der Waals surface area contributed by atoms with E-state index < -0.39 is 0 Å². The van der Waals surface area contributed by atoms with Gasteiger partial charge in [-0.25, -0.2) is 0 Å². The van der Waals surface area contributed by atoms with Crippen LogP contribution in [-0.4, -0.2) is 19.3 Å². The molecule has 0 aliphatic heterocycles. The van der Waals surface area contributed by atoms with E-state index in [0.717, 1.165) is 42.6 Å². The molecule has 0 saturated heterocycles. The van der Waals surface area contributed by atoms with E-state index in [1.54, 1.807) is 5.56 Å². The van der Waals surface area contributed by atoms with E-state index in [4.69, 9.17) is 9.47 Å². The summed E-state index contributed by atoms with van der Waals surface area (Å²) in [5.41, 5.74) is 3.11. The van der Waals surface area contributed by atoms with Crippen LogP contribution in [0.25, 0.3) is 0 Å². The first-order valence-electron chi connectivity index (χ1n) is 11.2. The molecule has 5 atom stereocenters. The van der Waals surface area contributed by atoms with Crippen molar-refractivity contribution in [2.24, 2.45) is 23.7 Å². The van der Waals surface area contributed by atoms with E-state index in [9.17, 15) is 0 Å². The Bertz CT molecular complexity index is 637. The second kappa shape index (κ2) is 8.82. The van der Waals surface area contributed by atoms with Gasteiger partial charge in [-0.15, -0.1) is 6.58 Å². The molecule has 2 heteroatoms. The molecule has 0 aromatic heterocycles. The van der Waals surface area contributed by atoms with E-state index in [1.807, 2.05) is 6.08 Å². The Morgan fingerprint density at radius 3 is 2.56 bits per heavy atom. The third kappa shape index (κ3) is 4.42.